The van der Waals surface area contributed by atoms with Gasteiger partial charge in [0.1, 0.15) is 0 Å². The van der Waals surface area contributed by atoms with Gasteiger partial charge < -0.3 is 20.1 Å². The average Bonchev–Trinajstić information content (AvgIpc) is 3.41. The van der Waals surface area contributed by atoms with E-state index in [4.69, 9.17) is 9.47 Å². The number of carbonyl (C=O) groups is 1. The number of nitrogens with one attached hydrogen (secondary N) is 2. The first kappa shape index (κ1) is 19.1. The Morgan fingerprint density at radius 1 is 1.00 bits per heavy atom. The maximum Gasteiger partial charge on any atom is 0.319 e. The molecule has 3 rings (SSSR count). The molecule has 0 radical (unpaired) electrons. The Morgan fingerprint density at radius 3 is 2.26 bits per heavy atom. The van der Waals surface area contributed by atoms with E-state index in [9.17, 15) is 4.79 Å². The maximum atomic E-state index is 12.7. The van der Waals surface area contributed by atoms with Crippen LogP contribution in [0.3, 0.4) is 0 Å². The van der Waals surface area contributed by atoms with Gasteiger partial charge in [-0.15, -0.1) is 0 Å². The van der Waals surface area contributed by atoms with Crippen LogP contribution in [0.4, 0.5) is 10.5 Å². The second kappa shape index (κ2) is 7.14. The molecule has 0 saturated heterocycles. The lowest BCUT2D eigenvalue weighted by Gasteiger charge is -2.24. The van der Waals surface area contributed by atoms with Crippen LogP contribution in [-0.2, 0) is 11.0 Å². The first-order chi connectivity index (χ1) is 12.8. The van der Waals surface area contributed by atoms with Crippen LogP contribution >= 0.6 is 0 Å². The molecule has 0 bridgehead atoms. The van der Waals surface area contributed by atoms with Crippen molar-refractivity contribution in [2.75, 3.05) is 19.5 Å². The number of hydrogen-bond acceptors (Lipinski definition) is 3. The van der Waals surface area contributed by atoms with E-state index in [1.165, 1.54) is 0 Å². The molecule has 5 heteroatoms. The van der Waals surface area contributed by atoms with E-state index in [1.807, 2.05) is 36.4 Å². The van der Waals surface area contributed by atoms with Crippen molar-refractivity contribution < 1.29 is 14.3 Å². The van der Waals surface area contributed by atoms with E-state index in [0.29, 0.717) is 11.5 Å². The number of para-hydroxylation sites is 1. The van der Waals surface area contributed by atoms with E-state index in [2.05, 4.69) is 37.5 Å². The predicted molar refractivity (Wildman–Crippen MR) is 108 cm³/mol. The Hall–Kier alpha value is -2.69. The molecule has 0 aromatic heterocycles. The van der Waals surface area contributed by atoms with E-state index < -0.39 is 0 Å². The van der Waals surface area contributed by atoms with Crippen LogP contribution in [0.5, 0.6) is 11.5 Å². The molecule has 1 fully saturated rings. The SMILES string of the molecule is COc1ccc(C2(NC(=O)Nc3ccccc3C(C)(C)C)CC2)cc1OC. The Morgan fingerprint density at radius 2 is 1.67 bits per heavy atom. The molecule has 2 aromatic carbocycles. The van der Waals surface area contributed by atoms with Crippen molar-refractivity contribution in [3.05, 3.63) is 53.6 Å². The standard InChI is InChI=1S/C22H28N2O3/c1-21(2,3)16-8-6-7-9-17(16)23-20(25)24-22(12-13-22)15-10-11-18(26-4)19(14-15)27-5/h6-11,14H,12-13H2,1-5H3,(H2,23,24,25). The lowest BCUT2D eigenvalue weighted by molar-refractivity contribution is 0.247. The summed E-state index contributed by atoms with van der Waals surface area (Å²) in [4.78, 5) is 12.7. The molecule has 1 saturated carbocycles. The number of urea groups is 1. The van der Waals surface area contributed by atoms with Crippen molar-refractivity contribution in [2.24, 2.45) is 0 Å². The van der Waals surface area contributed by atoms with Gasteiger partial charge in [-0.3, -0.25) is 0 Å². The van der Waals surface area contributed by atoms with Crippen LogP contribution in [0.2, 0.25) is 0 Å². The smallest absolute Gasteiger partial charge is 0.319 e. The van der Waals surface area contributed by atoms with Crippen molar-refractivity contribution >= 4 is 11.7 Å². The van der Waals surface area contributed by atoms with Gasteiger partial charge in [0.05, 0.1) is 19.8 Å². The molecule has 1 aliphatic rings. The third kappa shape index (κ3) is 4.02. The fraction of sp³-hybridized carbons (Fsp3) is 0.409. The summed E-state index contributed by atoms with van der Waals surface area (Å²) in [6, 6.07) is 13.5. The van der Waals surface area contributed by atoms with Gasteiger partial charge in [0.15, 0.2) is 11.5 Å². The number of rotatable bonds is 5. The molecule has 2 aromatic rings. The molecule has 0 spiro atoms. The van der Waals surface area contributed by atoms with Crippen LogP contribution in [0, 0.1) is 0 Å². The molecule has 1 aliphatic carbocycles. The van der Waals surface area contributed by atoms with Gasteiger partial charge in [-0.05, 0) is 47.6 Å². The van der Waals surface area contributed by atoms with Gasteiger partial charge in [0.2, 0.25) is 0 Å². The lowest BCUT2D eigenvalue weighted by atomic mass is 9.86. The second-order valence-electron chi connectivity index (χ2n) is 8.03. The lowest BCUT2D eigenvalue weighted by Crippen LogP contribution is -2.38. The highest BCUT2D eigenvalue weighted by atomic mass is 16.5. The number of ether oxygens (including phenoxy) is 2. The zero-order chi connectivity index (χ0) is 19.7. The Bertz CT molecular complexity index is 836. The highest BCUT2D eigenvalue weighted by Crippen LogP contribution is 2.47. The third-order valence-electron chi connectivity index (χ3n) is 5.02. The maximum absolute atomic E-state index is 12.7. The number of carbonyl (C=O) groups excluding carboxylic acids is 1. The van der Waals surface area contributed by atoms with Crippen molar-refractivity contribution in [1.82, 2.24) is 5.32 Å². The number of amides is 2. The van der Waals surface area contributed by atoms with Gasteiger partial charge in [0, 0.05) is 5.69 Å². The van der Waals surface area contributed by atoms with Crippen LogP contribution in [0.1, 0.15) is 44.7 Å². The van der Waals surface area contributed by atoms with Gasteiger partial charge in [-0.25, -0.2) is 4.79 Å². The van der Waals surface area contributed by atoms with Crippen LogP contribution in [0.25, 0.3) is 0 Å². The van der Waals surface area contributed by atoms with Gasteiger partial charge in [-0.1, -0.05) is 45.0 Å². The highest BCUT2D eigenvalue weighted by molar-refractivity contribution is 5.91. The topological polar surface area (TPSA) is 59.6 Å². The van der Waals surface area contributed by atoms with Crippen molar-refractivity contribution in [2.45, 2.75) is 44.6 Å². The molecule has 2 N–H and O–H groups in total. The summed E-state index contributed by atoms with van der Waals surface area (Å²) in [6.07, 6.45) is 1.80. The summed E-state index contributed by atoms with van der Waals surface area (Å²) in [7, 11) is 3.23. The summed E-state index contributed by atoms with van der Waals surface area (Å²) in [5.74, 6) is 1.35. The number of benzene rings is 2. The van der Waals surface area contributed by atoms with E-state index >= 15 is 0 Å². The monoisotopic (exact) mass is 368 g/mol. The molecule has 0 unspecified atom stereocenters. The largest absolute Gasteiger partial charge is 0.493 e. The van der Waals surface area contributed by atoms with Crippen LogP contribution in [-0.4, -0.2) is 20.3 Å². The summed E-state index contributed by atoms with van der Waals surface area (Å²) in [6.45, 7) is 6.41. The predicted octanol–water partition coefficient (Wildman–Crippen LogP) is 4.81. The van der Waals surface area contributed by atoms with Crippen LogP contribution in [0.15, 0.2) is 42.5 Å². The summed E-state index contributed by atoms with van der Waals surface area (Å²) in [5, 5.41) is 6.18. The molecule has 5 nitrogen and oxygen atoms in total. The highest BCUT2D eigenvalue weighted by Gasteiger charge is 2.46. The van der Waals surface area contributed by atoms with Crippen LogP contribution < -0.4 is 20.1 Å². The molecule has 0 heterocycles. The zero-order valence-corrected chi connectivity index (χ0v) is 16.7. The number of methoxy groups -OCH3 is 2. The summed E-state index contributed by atoms with van der Waals surface area (Å²) < 4.78 is 10.7. The fourth-order valence-electron chi connectivity index (χ4n) is 3.36. The van der Waals surface area contributed by atoms with Crippen molar-refractivity contribution in [3.8, 4) is 11.5 Å². The molecular weight excluding hydrogens is 340 g/mol. The number of hydrogen-bond donors (Lipinski definition) is 2. The first-order valence-electron chi connectivity index (χ1n) is 9.20. The van der Waals surface area contributed by atoms with E-state index in [-0.39, 0.29) is 17.0 Å². The Labute approximate surface area is 161 Å². The third-order valence-corrected chi connectivity index (χ3v) is 5.02. The van der Waals surface area contributed by atoms with E-state index in [1.54, 1.807) is 14.2 Å². The van der Waals surface area contributed by atoms with Gasteiger partial charge in [-0.2, -0.15) is 0 Å². The van der Waals surface area contributed by atoms with Gasteiger partial charge >= 0.3 is 6.03 Å². The first-order valence-corrected chi connectivity index (χ1v) is 9.20. The van der Waals surface area contributed by atoms with Crippen molar-refractivity contribution in [3.63, 3.8) is 0 Å². The second-order valence-corrected chi connectivity index (χ2v) is 8.03. The summed E-state index contributed by atoms with van der Waals surface area (Å²) >= 11 is 0. The minimum absolute atomic E-state index is 0.0511. The molecule has 2 amide bonds. The molecular formula is C22H28N2O3. The van der Waals surface area contributed by atoms with Gasteiger partial charge in [0.25, 0.3) is 0 Å². The Balaban J connectivity index is 1.77. The minimum Gasteiger partial charge on any atom is -0.493 e. The Kier molecular flexibility index (Phi) is 5.05. The zero-order valence-electron chi connectivity index (χ0n) is 16.7. The van der Waals surface area contributed by atoms with Crippen molar-refractivity contribution in [1.29, 1.82) is 0 Å². The number of anilines is 1. The molecule has 0 atom stereocenters. The normalized spacial score (nSPS) is 15.0. The fourth-order valence-corrected chi connectivity index (χ4v) is 3.36. The average molecular weight is 368 g/mol. The summed E-state index contributed by atoms with van der Waals surface area (Å²) in [5.41, 5.74) is 2.58. The minimum atomic E-state index is -0.347. The quantitative estimate of drug-likeness (QED) is 0.796. The molecule has 0 aliphatic heterocycles. The van der Waals surface area contributed by atoms with E-state index in [0.717, 1.165) is 29.7 Å². The molecule has 144 valence electrons. The molecule has 27 heavy (non-hydrogen) atoms.